The van der Waals surface area contributed by atoms with Gasteiger partial charge in [-0.2, -0.15) is 5.26 Å². The van der Waals surface area contributed by atoms with Crippen LogP contribution in [0.5, 0.6) is 0 Å². The Bertz CT molecular complexity index is 1250. The van der Waals surface area contributed by atoms with Gasteiger partial charge in [-0.3, -0.25) is 0 Å². The van der Waals surface area contributed by atoms with Gasteiger partial charge in [0.05, 0.1) is 23.0 Å². The molecule has 1 aromatic heterocycles. The molecular formula is C24H24N8. The number of hydrazine groups is 2. The molecular weight excluding hydrogens is 400 g/mol. The van der Waals surface area contributed by atoms with Gasteiger partial charge in [-0.1, -0.05) is 12.1 Å². The molecule has 0 radical (unpaired) electrons. The molecule has 1 unspecified atom stereocenters. The lowest BCUT2D eigenvalue weighted by Gasteiger charge is -2.34. The van der Waals surface area contributed by atoms with Crippen LogP contribution in [0.25, 0.3) is 11.1 Å². The van der Waals surface area contributed by atoms with E-state index in [2.05, 4.69) is 74.4 Å². The van der Waals surface area contributed by atoms with E-state index in [1.807, 2.05) is 29.3 Å². The highest BCUT2D eigenvalue weighted by Crippen LogP contribution is 2.34. The van der Waals surface area contributed by atoms with E-state index < -0.39 is 0 Å². The molecule has 1 atom stereocenters. The number of anilines is 2. The van der Waals surface area contributed by atoms with Crippen molar-refractivity contribution in [1.82, 2.24) is 21.0 Å². The van der Waals surface area contributed by atoms with E-state index in [1.165, 1.54) is 11.3 Å². The van der Waals surface area contributed by atoms with Crippen LogP contribution in [0.1, 0.15) is 23.7 Å². The van der Waals surface area contributed by atoms with Crippen LogP contribution in [0.2, 0.25) is 0 Å². The first kappa shape index (κ1) is 18.9. The zero-order valence-electron chi connectivity index (χ0n) is 17.8. The molecule has 3 aliphatic rings. The van der Waals surface area contributed by atoms with Crippen molar-refractivity contribution in [3.8, 4) is 17.2 Å². The van der Waals surface area contributed by atoms with E-state index in [1.54, 1.807) is 0 Å². The standard InChI is InChI=1S/C24H24N8/c1-16-13-30(9-8-26-16)21-6-7-22-20(10-21)15-31-14-19(18-4-2-17(12-25)3-5-18)11-23(31)24-27-28-29-32(22)24/h2-7,10-11,14,16,26,28-29H,8-9,13,15H2,1H3. The van der Waals surface area contributed by atoms with Crippen molar-refractivity contribution in [2.45, 2.75) is 19.5 Å². The predicted molar refractivity (Wildman–Crippen MR) is 125 cm³/mol. The number of hydrazone groups is 1. The Morgan fingerprint density at radius 3 is 2.78 bits per heavy atom. The molecule has 1 saturated heterocycles. The molecule has 0 amide bonds. The summed E-state index contributed by atoms with van der Waals surface area (Å²) < 4.78 is 2.25. The van der Waals surface area contributed by atoms with E-state index in [9.17, 15) is 0 Å². The number of amidine groups is 1. The van der Waals surface area contributed by atoms with Crippen molar-refractivity contribution >= 4 is 17.2 Å². The molecule has 4 heterocycles. The maximum absolute atomic E-state index is 9.09. The summed E-state index contributed by atoms with van der Waals surface area (Å²) in [6.07, 6.45) is 2.17. The fourth-order valence-electron chi connectivity index (χ4n) is 4.76. The Hall–Kier alpha value is -3.80. The number of hydrogen-bond acceptors (Lipinski definition) is 7. The lowest BCUT2D eigenvalue weighted by Crippen LogP contribution is -2.49. The summed E-state index contributed by atoms with van der Waals surface area (Å²) >= 11 is 0. The number of piperazine rings is 1. The normalized spacial score (nSPS) is 19.2. The summed E-state index contributed by atoms with van der Waals surface area (Å²) in [6, 6.07) is 19.2. The van der Waals surface area contributed by atoms with Crippen LogP contribution >= 0.6 is 0 Å². The number of benzene rings is 2. The fourth-order valence-corrected chi connectivity index (χ4v) is 4.76. The minimum atomic E-state index is 0.483. The highest BCUT2D eigenvalue weighted by Gasteiger charge is 2.30. The van der Waals surface area contributed by atoms with Gasteiger partial charge in [0, 0.05) is 49.7 Å². The summed E-state index contributed by atoms with van der Waals surface area (Å²) in [7, 11) is 0. The highest BCUT2D eigenvalue weighted by molar-refractivity contribution is 6.10. The molecule has 0 bridgehead atoms. The third-order valence-electron chi connectivity index (χ3n) is 6.39. The number of aromatic nitrogens is 1. The van der Waals surface area contributed by atoms with E-state index in [0.717, 1.165) is 54.5 Å². The first-order valence-electron chi connectivity index (χ1n) is 10.9. The van der Waals surface area contributed by atoms with Crippen molar-refractivity contribution in [2.75, 3.05) is 29.5 Å². The minimum absolute atomic E-state index is 0.483. The number of nitrogens with zero attached hydrogens (tertiary/aromatic N) is 5. The summed E-state index contributed by atoms with van der Waals surface area (Å²) in [5.41, 5.74) is 13.6. The van der Waals surface area contributed by atoms with Crippen molar-refractivity contribution in [2.24, 2.45) is 5.10 Å². The van der Waals surface area contributed by atoms with Crippen LogP contribution in [0.15, 0.2) is 59.8 Å². The van der Waals surface area contributed by atoms with E-state index >= 15 is 0 Å². The fraction of sp³-hybridized carbons (Fsp3) is 0.250. The zero-order valence-corrected chi connectivity index (χ0v) is 17.8. The average Bonchev–Trinajstić information content (AvgIpc) is 3.44. The van der Waals surface area contributed by atoms with Gasteiger partial charge in [0.1, 0.15) is 0 Å². The Labute approximate surface area is 186 Å². The van der Waals surface area contributed by atoms with Crippen LogP contribution in [0.3, 0.4) is 0 Å². The molecule has 8 heteroatoms. The summed E-state index contributed by atoms with van der Waals surface area (Å²) in [5.74, 6) is 0.840. The largest absolute Gasteiger partial charge is 0.369 e. The van der Waals surface area contributed by atoms with Gasteiger partial charge in [0.2, 0.25) is 0 Å². The molecule has 3 aliphatic heterocycles. The Kier molecular flexibility index (Phi) is 4.38. The Balaban J connectivity index is 1.40. The molecule has 8 nitrogen and oxygen atoms in total. The number of rotatable bonds is 2. The van der Waals surface area contributed by atoms with Crippen molar-refractivity contribution in [1.29, 1.82) is 5.26 Å². The van der Waals surface area contributed by atoms with Gasteiger partial charge >= 0.3 is 0 Å². The first-order valence-corrected chi connectivity index (χ1v) is 10.9. The van der Waals surface area contributed by atoms with Gasteiger partial charge in [-0.05, 0) is 54.4 Å². The van der Waals surface area contributed by atoms with Crippen molar-refractivity contribution < 1.29 is 0 Å². The molecule has 1 fully saturated rings. The van der Waals surface area contributed by atoms with Gasteiger partial charge in [-0.15, -0.1) is 10.6 Å². The first-order chi connectivity index (χ1) is 15.7. The van der Waals surface area contributed by atoms with Crippen LogP contribution < -0.4 is 26.3 Å². The lowest BCUT2D eigenvalue weighted by atomic mass is 10.1. The molecule has 3 N–H and O–H groups in total. The second kappa shape index (κ2) is 7.41. The van der Waals surface area contributed by atoms with Crippen LogP contribution in [-0.2, 0) is 6.54 Å². The molecule has 6 rings (SSSR count). The highest BCUT2D eigenvalue weighted by atomic mass is 15.8. The topological polar surface area (TPSA) is 83.6 Å². The molecule has 2 aromatic carbocycles. The average molecular weight is 425 g/mol. The molecule has 0 spiro atoms. The zero-order chi connectivity index (χ0) is 21.7. The minimum Gasteiger partial charge on any atom is -0.369 e. The van der Waals surface area contributed by atoms with Crippen LogP contribution in [-0.4, -0.2) is 36.1 Å². The maximum atomic E-state index is 9.09. The van der Waals surface area contributed by atoms with E-state index in [0.29, 0.717) is 11.6 Å². The Morgan fingerprint density at radius 1 is 1.09 bits per heavy atom. The number of hydrogen-bond donors (Lipinski definition) is 3. The van der Waals surface area contributed by atoms with Gasteiger partial charge in [0.25, 0.3) is 0 Å². The summed E-state index contributed by atoms with van der Waals surface area (Å²) in [4.78, 5) is 2.45. The van der Waals surface area contributed by atoms with Crippen molar-refractivity contribution in [3.63, 3.8) is 0 Å². The predicted octanol–water partition coefficient (Wildman–Crippen LogP) is 2.38. The smallest absolute Gasteiger partial charge is 0.194 e. The molecule has 0 saturated carbocycles. The molecule has 3 aromatic rings. The van der Waals surface area contributed by atoms with Gasteiger partial charge in [0.15, 0.2) is 5.84 Å². The number of nitrogens with one attached hydrogen (secondary N) is 3. The van der Waals surface area contributed by atoms with Gasteiger partial charge < -0.3 is 14.8 Å². The van der Waals surface area contributed by atoms with Crippen LogP contribution in [0.4, 0.5) is 11.4 Å². The number of nitriles is 1. The summed E-state index contributed by atoms with van der Waals surface area (Å²) in [6.45, 7) is 6.01. The van der Waals surface area contributed by atoms with Crippen LogP contribution in [0, 0.1) is 11.3 Å². The third kappa shape index (κ3) is 3.11. The van der Waals surface area contributed by atoms with Gasteiger partial charge in [-0.25, -0.2) is 10.5 Å². The second-order valence-corrected chi connectivity index (χ2v) is 8.54. The third-order valence-corrected chi connectivity index (χ3v) is 6.39. The number of fused-ring (bicyclic) bond motifs is 5. The monoisotopic (exact) mass is 424 g/mol. The second-order valence-electron chi connectivity index (χ2n) is 8.54. The quantitative estimate of drug-likeness (QED) is 0.586. The Morgan fingerprint density at radius 2 is 1.97 bits per heavy atom. The van der Waals surface area contributed by atoms with E-state index in [-0.39, 0.29) is 0 Å². The SMILES string of the molecule is CC1CN(c2ccc3c(c2)Cn2cc(-c4ccc(C#N)cc4)cc2C2=NNNN23)CCN1. The lowest BCUT2D eigenvalue weighted by molar-refractivity contribution is 0.485. The van der Waals surface area contributed by atoms with Crippen molar-refractivity contribution in [3.05, 3.63) is 71.5 Å². The molecule has 160 valence electrons. The maximum Gasteiger partial charge on any atom is 0.194 e. The summed E-state index contributed by atoms with van der Waals surface area (Å²) in [5, 5.41) is 19.1. The van der Waals surface area contributed by atoms with E-state index in [4.69, 9.17) is 5.26 Å². The molecule has 32 heavy (non-hydrogen) atoms. The molecule has 0 aliphatic carbocycles.